The molecule has 0 saturated carbocycles. The van der Waals surface area contributed by atoms with Gasteiger partial charge in [0.05, 0.1) is 22.7 Å². The summed E-state index contributed by atoms with van der Waals surface area (Å²) >= 11 is 6.40. The largest absolute Gasteiger partial charge is 0.455 e. The van der Waals surface area contributed by atoms with Crippen LogP contribution in [-0.4, -0.2) is 43.8 Å². The first-order valence-corrected chi connectivity index (χ1v) is 13.6. The molecule has 8 nitrogen and oxygen atoms in total. The number of aromatic nitrogens is 1. The van der Waals surface area contributed by atoms with Crippen molar-refractivity contribution in [2.45, 2.75) is 19.8 Å². The molecule has 0 radical (unpaired) electrons. The zero-order valence-corrected chi connectivity index (χ0v) is 21.7. The number of sulfonamides is 1. The summed E-state index contributed by atoms with van der Waals surface area (Å²) < 4.78 is 47.1. The van der Waals surface area contributed by atoms with E-state index in [2.05, 4.69) is 15.0 Å². The van der Waals surface area contributed by atoms with Crippen molar-refractivity contribution in [2.75, 3.05) is 24.1 Å². The number of hydrogen-bond donors (Lipinski definition) is 3. The molecule has 0 saturated heterocycles. The number of hydrogen-bond acceptors (Lipinski definition) is 6. The van der Waals surface area contributed by atoms with Gasteiger partial charge in [0.15, 0.2) is 0 Å². The molecule has 0 bridgehead atoms. The molecule has 0 fully saturated rings. The van der Waals surface area contributed by atoms with Gasteiger partial charge in [0.25, 0.3) is 5.91 Å². The summed E-state index contributed by atoms with van der Waals surface area (Å²) in [5.74, 6) is -0.830. The van der Waals surface area contributed by atoms with Crippen molar-refractivity contribution >= 4 is 44.2 Å². The highest BCUT2D eigenvalue weighted by Crippen LogP contribution is 2.40. The molecule has 0 aliphatic heterocycles. The summed E-state index contributed by atoms with van der Waals surface area (Å²) in [5.41, 5.74) is 2.63. The van der Waals surface area contributed by atoms with Crippen molar-refractivity contribution < 1.29 is 27.1 Å². The molecule has 194 valence electrons. The Morgan fingerprint density at radius 2 is 1.89 bits per heavy atom. The van der Waals surface area contributed by atoms with Crippen LogP contribution in [0.25, 0.3) is 33.6 Å². The van der Waals surface area contributed by atoms with Crippen molar-refractivity contribution in [3.8, 4) is 22.6 Å². The number of halogens is 2. The Kier molecular flexibility index (Phi) is 7.82. The molecule has 1 amide bonds. The molecule has 0 aliphatic rings. The molecule has 2 aromatic heterocycles. The lowest BCUT2D eigenvalue weighted by atomic mass is 10.0. The van der Waals surface area contributed by atoms with Gasteiger partial charge in [-0.2, -0.15) is 0 Å². The Hall–Kier alpha value is -3.47. The summed E-state index contributed by atoms with van der Waals surface area (Å²) in [7, 11) is -2.21. The van der Waals surface area contributed by atoms with Gasteiger partial charge in [0.2, 0.25) is 10.0 Å². The van der Waals surface area contributed by atoms with E-state index in [1.165, 1.54) is 44.3 Å². The maximum atomic E-state index is 13.5. The highest BCUT2D eigenvalue weighted by atomic mass is 35.5. The first kappa shape index (κ1) is 26.6. The van der Waals surface area contributed by atoms with E-state index in [0.717, 1.165) is 5.56 Å². The summed E-state index contributed by atoms with van der Waals surface area (Å²) in [4.78, 5) is 17.4. The Bertz CT molecular complexity index is 1570. The van der Waals surface area contributed by atoms with Crippen LogP contribution >= 0.6 is 11.6 Å². The van der Waals surface area contributed by atoms with Crippen LogP contribution < -0.4 is 10.0 Å². The SMILES string of the molecule is CCS(=O)(=O)Nc1cc2oc(-c3ccc(F)cc3)c(C(=O)NC)c2cc1-c1ccc(CCCO)c(Cl)n1. The number of carbonyl (C=O) groups excluding carboxylic acids is 1. The zero-order chi connectivity index (χ0) is 26.7. The number of furan rings is 1. The molecule has 0 atom stereocenters. The normalized spacial score (nSPS) is 11.6. The molecular weight excluding hydrogens is 521 g/mol. The van der Waals surface area contributed by atoms with E-state index in [1.54, 1.807) is 18.2 Å². The van der Waals surface area contributed by atoms with Gasteiger partial charge >= 0.3 is 0 Å². The van der Waals surface area contributed by atoms with E-state index in [1.807, 2.05) is 0 Å². The van der Waals surface area contributed by atoms with Gasteiger partial charge in [-0.25, -0.2) is 17.8 Å². The van der Waals surface area contributed by atoms with E-state index < -0.39 is 21.7 Å². The molecule has 0 spiro atoms. The van der Waals surface area contributed by atoms with Gasteiger partial charge in [-0.05, 0) is 61.7 Å². The minimum atomic E-state index is -3.68. The van der Waals surface area contributed by atoms with Gasteiger partial charge in [-0.15, -0.1) is 0 Å². The number of benzene rings is 2. The van der Waals surface area contributed by atoms with Crippen LogP contribution in [0.1, 0.15) is 29.3 Å². The molecule has 0 unspecified atom stereocenters. The molecule has 2 heterocycles. The Morgan fingerprint density at radius 1 is 1.16 bits per heavy atom. The van der Waals surface area contributed by atoms with Gasteiger partial charge in [-0.3, -0.25) is 9.52 Å². The predicted molar refractivity (Wildman–Crippen MR) is 142 cm³/mol. The topological polar surface area (TPSA) is 122 Å². The summed E-state index contributed by atoms with van der Waals surface area (Å²) in [6, 6.07) is 12.1. The fourth-order valence-corrected chi connectivity index (χ4v) is 4.80. The third kappa shape index (κ3) is 5.61. The minimum Gasteiger partial charge on any atom is -0.455 e. The lowest BCUT2D eigenvalue weighted by Gasteiger charge is -2.13. The number of carbonyl (C=O) groups is 1. The number of anilines is 1. The van der Waals surface area contributed by atoms with Gasteiger partial charge in [0, 0.05) is 36.2 Å². The molecule has 3 N–H and O–H groups in total. The third-order valence-corrected chi connectivity index (χ3v) is 7.46. The van der Waals surface area contributed by atoms with Crippen molar-refractivity contribution in [1.82, 2.24) is 10.3 Å². The first-order chi connectivity index (χ1) is 17.7. The maximum absolute atomic E-state index is 13.5. The molecule has 4 rings (SSSR count). The lowest BCUT2D eigenvalue weighted by molar-refractivity contribution is 0.0964. The van der Waals surface area contributed by atoms with E-state index in [-0.39, 0.29) is 40.1 Å². The van der Waals surface area contributed by atoms with Crippen LogP contribution in [0.4, 0.5) is 10.1 Å². The van der Waals surface area contributed by atoms with Gasteiger partial charge in [-0.1, -0.05) is 17.7 Å². The summed E-state index contributed by atoms with van der Waals surface area (Å²) in [5, 5.41) is 12.4. The Labute approximate surface area is 218 Å². The molecular formula is C26H25ClFN3O5S. The van der Waals surface area contributed by atoms with Crippen LogP contribution in [0.5, 0.6) is 0 Å². The molecule has 2 aromatic carbocycles. The highest BCUT2D eigenvalue weighted by Gasteiger charge is 2.25. The molecule has 37 heavy (non-hydrogen) atoms. The van der Waals surface area contributed by atoms with Gasteiger partial charge < -0.3 is 14.8 Å². The van der Waals surface area contributed by atoms with Crippen LogP contribution in [-0.2, 0) is 16.4 Å². The first-order valence-electron chi connectivity index (χ1n) is 11.5. The second kappa shape index (κ2) is 10.9. The number of pyridine rings is 1. The number of aryl methyl sites for hydroxylation is 1. The van der Waals surface area contributed by atoms with Crippen LogP contribution in [0.2, 0.25) is 5.15 Å². The van der Waals surface area contributed by atoms with Crippen molar-refractivity contribution in [3.63, 3.8) is 0 Å². The number of amides is 1. The lowest BCUT2D eigenvalue weighted by Crippen LogP contribution is -2.18. The van der Waals surface area contributed by atoms with E-state index in [0.29, 0.717) is 35.0 Å². The minimum absolute atomic E-state index is 0.0108. The molecule has 11 heteroatoms. The van der Waals surface area contributed by atoms with E-state index in [9.17, 15) is 17.6 Å². The smallest absolute Gasteiger partial charge is 0.255 e. The van der Waals surface area contributed by atoms with Crippen molar-refractivity contribution in [1.29, 1.82) is 0 Å². The fraction of sp³-hybridized carbons (Fsp3) is 0.231. The summed E-state index contributed by atoms with van der Waals surface area (Å²) in [6.45, 7) is 1.52. The zero-order valence-electron chi connectivity index (χ0n) is 20.1. The number of nitrogens with one attached hydrogen (secondary N) is 2. The number of aliphatic hydroxyl groups excluding tert-OH is 1. The average Bonchev–Trinajstić information content (AvgIpc) is 3.25. The van der Waals surface area contributed by atoms with Crippen molar-refractivity contribution in [3.05, 3.63) is 70.6 Å². The summed E-state index contributed by atoms with van der Waals surface area (Å²) in [6.07, 6.45) is 1.05. The fourth-order valence-electron chi connectivity index (χ4n) is 3.90. The monoisotopic (exact) mass is 545 g/mol. The number of aliphatic hydroxyl groups is 1. The molecule has 0 aliphatic carbocycles. The second-order valence-electron chi connectivity index (χ2n) is 8.27. The van der Waals surface area contributed by atoms with E-state index in [4.69, 9.17) is 21.1 Å². The van der Waals surface area contributed by atoms with Gasteiger partial charge in [0.1, 0.15) is 22.3 Å². The average molecular weight is 546 g/mol. The Balaban J connectivity index is 1.98. The van der Waals surface area contributed by atoms with Crippen LogP contribution in [0, 0.1) is 5.82 Å². The third-order valence-electron chi connectivity index (χ3n) is 5.84. The number of fused-ring (bicyclic) bond motifs is 1. The predicted octanol–water partition coefficient (Wildman–Crippen LogP) is 5.00. The second-order valence-corrected chi connectivity index (χ2v) is 10.6. The van der Waals surface area contributed by atoms with Crippen LogP contribution in [0.15, 0.2) is 52.9 Å². The highest BCUT2D eigenvalue weighted by molar-refractivity contribution is 7.92. The standard InChI is InChI=1S/C26H25ClFN3O5S/c1-3-37(34,35)31-21-14-22-19(13-18(21)20-11-8-16(5-4-12-32)25(27)30-20)23(26(33)29-2)24(36-22)15-6-9-17(28)10-7-15/h6-11,13-14,31-32H,3-5,12H2,1-2H3,(H,29,33). The quantitative estimate of drug-likeness (QED) is 0.254. The van der Waals surface area contributed by atoms with Crippen LogP contribution in [0.3, 0.4) is 0 Å². The van der Waals surface area contributed by atoms with E-state index >= 15 is 0 Å². The molecule has 4 aromatic rings. The number of nitrogens with zero attached hydrogens (tertiary/aromatic N) is 1. The maximum Gasteiger partial charge on any atom is 0.255 e. The Morgan fingerprint density at radius 3 is 2.51 bits per heavy atom. The number of rotatable bonds is 9. The van der Waals surface area contributed by atoms with Crippen molar-refractivity contribution in [2.24, 2.45) is 0 Å².